The molecule has 1 rings (SSSR count). The van der Waals surface area contributed by atoms with Crippen LogP contribution in [-0.4, -0.2) is 41.7 Å². The molecule has 0 radical (unpaired) electrons. The number of pyridine rings is 1. The number of carboxylic acids is 1. The van der Waals surface area contributed by atoms with Gasteiger partial charge in [0.05, 0.1) is 18.7 Å². The zero-order chi connectivity index (χ0) is 13.7. The van der Waals surface area contributed by atoms with E-state index in [1.54, 1.807) is 14.0 Å². The summed E-state index contributed by atoms with van der Waals surface area (Å²) in [5.74, 6) is -0.393. The molecular weight excluding hydrogens is 232 g/mol. The molecule has 1 heterocycles. The van der Waals surface area contributed by atoms with Crippen LogP contribution in [0, 0.1) is 12.8 Å². The molecule has 0 bridgehead atoms. The Morgan fingerprint density at radius 1 is 1.56 bits per heavy atom. The van der Waals surface area contributed by atoms with Crippen molar-refractivity contribution in [2.75, 3.05) is 20.7 Å². The molecule has 0 amide bonds. The normalized spacial score (nSPS) is 12.5. The smallest absolute Gasteiger partial charge is 0.307 e. The summed E-state index contributed by atoms with van der Waals surface area (Å²) in [5.41, 5.74) is 1.77. The molecule has 1 N–H and O–H groups in total. The Morgan fingerprint density at radius 2 is 2.22 bits per heavy atom. The van der Waals surface area contributed by atoms with Crippen LogP contribution in [0.4, 0.5) is 0 Å². The predicted octanol–water partition coefficient (Wildman–Crippen LogP) is 1.55. The van der Waals surface area contributed by atoms with E-state index in [9.17, 15) is 4.79 Å². The van der Waals surface area contributed by atoms with Gasteiger partial charge in [-0.05, 0) is 14.0 Å². The molecule has 5 heteroatoms. The number of carbonyl (C=O) groups is 1. The number of aliphatic carboxylic acids is 1. The number of aromatic nitrogens is 1. The first kappa shape index (κ1) is 14.4. The molecule has 0 fully saturated rings. The van der Waals surface area contributed by atoms with Crippen molar-refractivity contribution < 1.29 is 14.6 Å². The number of hydrogen-bond acceptors (Lipinski definition) is 4. The van der Waals surface area contributed by atoms with E-state index in [2.05, 4.69) is 4.98 Å². The Hall–Kier alpha value is -1.62. The van der Waals surface area contributed by atoms with E-state index in [4.69, 9.17) is 9.84 Å². The van der Waals surface area contributed by atoms with Crippen LogP contribution in [0.5, 0.6) is 5.75 Å². The van der Waals surface area contributed by atoms with Crippen LogP contribution in [0.1, 0.15) is 18.3 Å². The summed E-state index contributed by atoms with van der Waals surface area (Å²) in [7, 11) is 3.50. The zero-order valence-corrected chi connectivity index (χ0v) is 11.3. The van der Waals surface area contributed by atoms with Gasteiger partial charge in [-0.3, -0.25) is 14.7 Å². The summed E-state index contributed by atoms with van der Waals surface area (Å²) in [4.78, 5) is 17.1. The van der Waals surface area contributed by atoms with Crippen LogP contribution < -0.4 is 4.74 Å². The topological polar surface area (TPSA) is 62.7 Å². The second-order valence-corrected chi connectivity index (χ2v) is 4.58. The van der Waals surface area contributed by atoms with Crippen molar-refractivity contribution in [1.82, 2.24) is 9.88 Å². The van der Waals surface area contributed by atoms with Gasteiger partial charge < -0.3 is 9.84 Å². The maximum Gasteiger partial charge on any atom is 0.307 e. The molecule has 5 nitrogen and oxygen atoms in total. The molecular formula is C13H20N2O3. The van der Waals surface area contributed by atoms with E-state index in [1.807, 2.05) is 31.0 Å². The Morgan fingerprint density at radius 3 is 2.78 bits per heavy atom. The number of carboxylic acid groups (broad SMARTS) is 1. The maximum absolute atomic E-state index is 10.8. The van der Waals surface area contributed by atoms with Crippen LogP contribution in [0.2, 0.25) is 0 Å². The minimum Gasteiger partial charge on any atom is -0.497 e. The third kappa shape index (κ3) is 4.33. The Kier molecular flexibility index (Phi) is 5.09. The fourth-order valence-electron chi connectivity index (χ4n) is 1.79. The van der Waals surface area contributed by atoms with Crippen molar-refractivity contribution in [1.29, 1.82) is 0 Å². The molecule has 1 unspecified atom stereocenters. The number of methoxy groups -OCH3 is 1. The molecule has 18 heavy (non-hydrogen) atoms. The van der Waals surface area contributed by atoms with Crippen molar-refractivity contribution in [2.45, 2.75) is 20.4 Å². The van der Waals surface area contributed by atoms with Crippen molar-refractivity contribution in [3.8, 4) is 5.75 Å². The molecule has 0 saturated carbocycles. The summed E-state index contributed by atoms with van der Waals surface area (Å²) in [5, 5.41) is 8.86. The minimum absolute atomic E-state index is 0.387. The first-order chi connectivity index (χ1) is 8.42. The molecule has 100 valence electrons. The van der Waals surface area contributed by atoms with E-state index in [1.165, 1.54) is 0 Å². The highest BCUT2D eigenvalue weighted by atomic mass is 16.5. The fraction of sp³-hybridized carbons (Fsp3) is 0.538. The predicted molar refractivity (Wildman–Crippen MR) is 68.7 cm³/mol. The third-order valence-electron chi connectivity index (χ3n) is 2.65. The van der Waals surface area contributed by atoms with Gasteiger partial charge in [0.15, 0.2) is 0 Å². The van der Waals surface area contributed by atoms with E-state index < -0.39 is 5.97 Å². The highest BCUT2D eigenvalue weighted by Gasteiger charge is 2.14. The molecule has 0 aliphatic carbocycles. The highest BCUT2D eigenvalue weighted by molar-refractivity contribution is 5.69. The summed E-state index contributed by atoms with van der Waals surface area (Å²) in [6, 6.07) is 3.73. The van der Waals surface area contributed by atoms with Crippen molar-refractivity contribution >= 4 is 5.97 Å². The van der Waals surface area contributed by atoms with Gasteiger partial charge >= 0.3 is 5.97 Å². The van der Waals surface area contributed by atoms with Gasteiger partial charge in [-0.25, -0.2) is 0 Å². The van der Waals surface area contributed by atoms with Crippen molar-refractivity contribution in [3.63, 3.8) is 0 Å². The van der Waals surface area contributed by atoms with E-state index in [-0.39, 0.29) is 5.92 Å². The Labute approximate surface area is 107 Å². The van der Waals surface area contributed by atoms with Crippen molar-refractivity contribution in [3.05, 3.63) is 23.5 Å². The first-order valence-electron chi connectivity index (χ1n) is 5.85. The SMILES string of the molecule is COc1cc(C)nc(CN(C)CC(C)C(=O)O)c1. The first-order valence-corrected chi connectivity index (χ1v) is 5.85. The number of rotatable bonds is 6. The Balaban J connectivity index is 2.66. The van der Waals surface area contributed by atoms with Gasteiger partial charge in [0.25, 0.3) is 0 Å². The van der Waals surface area contributed by atoms with E-state index >= 15 is 0 Å². The standard InChI is InChI=1S/C13H20N2O3/c1-9(13(16)17)7-15(3)8-11-6-12(18-4)5-10(2)14-11/h5-6,9H,7-8H2,1-4H3,(H,16,17). The van der Waals surface area contributed by atoms with Gasteiger partial charge in [-0.1, -0.05) is 6.92 Å². The van der Waals surface area contributed by atoms with Gasteiger partial charge in [0.1, 0.15) is 5.75 Å². The second-order valence-electron chi connectivity index (χ2n) is 4.58. The van der Waals surface area contributed by atoms with E-state index in [0.717, 1.165) is 17.1 Å². The minimum atomic E-state index is -0.781. The molecule has 0 spiro atoms. The molecule has 1 aromatic rings. The lowest BCUT2D eigenvalue weighted by Crippen LogP contribution is -2.28. The number of aryl methyl sites for hydroxylation is 1. The lowest BCUT2D eigenvalue weighted by molar-refractivity contribution is -0.141. The largest absolute Gasteiger partial charge is 0.497 e. The van der Waals surface area contributed by atoms with Crippen LogP contribution in [-0.2, 0) is 11.3 Å². The highest BCUT2D eigenvalue weighted by Crippen LogP contribution is 2.14. The van der Waals surface area contributed by atoms with Gasteiger partial charge in [-0.2, -0.15) is 0 Å². The molecule has 1 aromatic heterocycles. The molecule has 1 atom stereocenters. The summed E-state index contributed by atoms with van der Waals surface area (Å²) in [6.45, 7) is 4.71. The van der Waals surface area contributed by atoms with Crippen LogP contribution in [0.25, 0.3) is 0 Å². The maximum atomic E-state index is 10.8. The number of hydrogen-bond donors (Lipinski definition) is 1. The van der Waals surface area contributed by atoms with E-state index in [0.29, 0.717) is 13.1 Å². The summed E-state index contributed by atoms with van der Waals surface area (Å²) < 4.78 is 5.18. The zero-order valence-electron chi connectivity index (χ0n) is 11.3. The molecule has 0 aromatic carbocycles. The number of ether oxygens (including phenoxy) is 1. The van der Waals surface area contributed by atoms with Gasteiger partial charge in [-0.15, -0.1) is 0 Å². The second kappa shape index (κ2) is 6.35. The lowest BCUT2D eigenvalue weighted by atomic mass is 10.1. The third-order valence-corrected chi connectivity index (χ3v) is 2.65. The van der Waals surface area contributed by atoms with Crippen LogP contribution in [0.3, 0.4) is 0 Å². The summed E-state index contributed by atoms with van der Waals surface area (Å²) >= 11 is 0. The average molecular weight is 252 g/mol. The Bertz CT molecular complexity index is 421. The fourth-order valence-corrected chi connectivity index (χ4v) is 1.79. The van der Waals surface area contributed by atoms with Gasteiger partial charge in [0, 0.05) is 30.9 Å². The molecule has 0 aliphatic heterocycles. The van der Waals surface area contributed by atoms with Crippen molar-refractivity contribution in [2.24, 2.45) is 5.92 Å². The average Bonchev–Trinajstić information content (AvgIpc) is 2.27. The summed E-state index contributed by atoms with van der Waals surface area (Å²) in [6.07, 6.45) is 0. The molecule has 0 saturated heterocycles. The lowest BCUT2D eigenvalue weighted by Gasteiger charge is -2.19. The monoisotopic (exact) mass is 252 g/mol. The quantitative estimate of drug-likeness (QED) is 0.832. The number of nitrogens with zero attached hydrogens (tertiary/aromatic N) is 2. The molecule has 0 aliphatic rings. The van der Waals surface area contributed by atoms with Crippen LogP contribution >= 0.6 is 0 Å². The van der Waals surface area contributed by atoms with Gasteiger partial charge in [0.2, 0.25) is 0 Å². The van der Waals surface area contributed by atoms with Crippen LogP contribution in [0.15, 0.2) is 12.1 Å².